The molecule has 0 aromatic heterocycles. The molecule has 11 nitrogen and oxygen atoms in total. The average molecular weight is 518 g/mol. The lowest BCUT2D eigenvalue weighted by Gasteiger charge is -2.28. The van der Waals surface area contributed by atoms with Gasteiger partial charge in [-0.2, -0.15) is 0 Å². The molecule has 1 saturated heterocycles. The second-order valence-corrected chi connectivity index (χ2v) is 9.78. The predicted octanol–water partition coefficient (Wildman–Crippen LogP) is -0.521. The van der Waals surface area contributed by atoms with Crippen LogP contribution >= 0.6 is 0 Å². The zero-order valence-electron chi connectivity index (χ0n) is 22.0. The Hall–Kier alpha value is -3.47. The first kappa shape index (κ1) is 29.8. The van der Waals surface area contributed by atoms with E-state index in [9.17, 15) is 29.1 Å². The summed E-state index contributed by atoms with van der Waals surface area (Å²) in [6.07, 6.45) is 0.974. The van der Waals surface area contributed by atoms with Gasteiger partial charge in [-0.1, -0.05) is 51.1 Å². The van der Waals surface area contributed by atoms with Crippen molar-refractivity contribution >= 4 is 29.5 Å². The number of benzene rings is 1. The zero-order valence-corrected chi connectivity index (χ0v) is 22.0. The van der Waals surface area contributed by atoms with Gasteiger partial charge in [-0.3, -0.25) is 24.0 Å². The summed E-state index contributed by atoms with van der Waals surface area (Å²) in [4.78, 5) is 65.6. The molecule has 1 aromatic carbocycles. The van der Waals surface area contributed by atoms with Crippen LogP contribution in [0, 0.1) is 5.92 Å². The molecule has 0 unspecified atom stereocenters. The average Bonchev–Trinajstić information content (AvgIpc) is 2.86. The first-order valence-corrected chi connectivity index (χ1v) is 12.7. The maximum absolute atomic E-state index is 13.4. The van der Waals surface area contributed by atoms with Crippen LogP contribution in [0.2, 0.25) is 0 Å². The third-order valence-corrected chi connectivity index (χ3v) is 6.13. The number of nitrogens with zero attached hydrogens (tertiary/aromatic N) is 1. The van der Waals surface area contributed by atoms with E-state index in [-0.39, 0.29) is 18.9 Å². The second kappa shape index (κ2) is 14.3. The van der Waals surface area contributed by atoms with E-state index in [0.717, 1.165) is 10.5 Å². The normalized spacial score (nSPS) is 24.3. The fraction of sp³-hybridized carbons (Fsp3) is 0.577. The van der Waals surface area contributed by atoms with Crippen LogP contribution < -0.4 is 21.3 Å². The molecular weight excluding hydrogens is 478 g/mol. The molecule has 5 N–H and O–H groups in total. The van der Waals surface area contributed by atoms with Gasteiger partial charge >= 0.3 is 0 Å². The number of amides is 5. The Morgan fingerprint density at radius 2 is 1.59 bits per heavy atom. The summed E-state index contributed by atoms with van der Waals surface area (Å²) < 4.78 is 0. The molecule has 1 heterocycles. The molecule has 0 radical (unpaired) electrons. The minimum absolute atomic E-state index is 0.0302. The molecule has 204 valence electrons. The number of hydrogen-bond acceptors (Lipinski definition) is 6. The van der Waals surface area contributed by atoms with Gasteiger partial charge in [0, 0.05) is 19.0 Å². The molecule has 5 amide bonds. The van der Waals surface area contributed by atoms with Crippen molar-refractivity contribution < 1.29 is 29.1 Å². The highest BCUT2D eigenvalue weighted by molar-refractivity contribution is 5.95. The highest BCUT2D eigenvalue weighted by atomic mass is 16.3. The number of nitrogens with one attached hydrogen (secondary N) is 4. The quantitative estimate of drug-likeness (QED) is 0.342. The second-order valence-electron chi connectivity index (χ2n) is 9.78. The Morgan fingerprint density at radius 3 is 2.19 bits per heavy atom. The lowest BCUT2D eigenvalue weighted by atomic mass is 10.0. The van der Waals surface area contributed by atoms with Crippen LogP contribution in [0.4, 0.5) is 0 Å². The van der Waals surface area contributed by atoms with Crippen LogP contribution in [0.5, 0.6) is 0 Å². The summed E-state index contributed by atoms with van der Waals surface area (Å²) in [5.41, 5.74) is 0.832. The molecule has 4 atom stereocenters. The van der Waals surface area contributed by atoms with Gasteiger partial charge in [0.05, 0.1) is 6.54 Å². The van der Waals surface area contributed by atoms with Gasteiger partial charge < -0.3 is 31.3 Å². The van der Waals surface area contributed by atoms with E-state index in [1.807, 2.05) is 51.1 Å². The van der Waals surface area contributed by atoms with Gasteiger partial charge in [-0.25, -0.2) is 0 Å². The summed E-state index contributed by atoms with van der Waals surface area (Å²) in [5.74, 6) is -2.76. The maximum atomic E-state index is 13.4. The third kappa shape index (κ3) is 9.49. The SMILES string of the molecule is CC[C@H]1CN(C(=O)CO)CC(=O)N[C@H](C)C(=O)N[C@@H](CC(C)C)C(=O)N[C@@H](Cc2ccccc2)C(=O)N1. The molecule has 0 saturated carbocycles. The van der Waals surface area contributed by atoms with Crippen LogP contribution in [0.3, 0.4) is 0 Å². The monoisotopic (exact) mass is 517 g/mol. The lowest BCUT2D eigenvalue weighted by molar-refractivity contribution is -0.139. The highest BCUT2D eigenvalue weighted by Crippen LogP contribution is 2.10. The smallest absolute Gasteiger partial charge is 0.248 e. The van der Waals surface area contributed by atoms with Crippen molar-refractivity contribution in [1.82, 2.24) is 26.2 Å². The molecule has 1 fully saturated rings. The van der Waals surface area contributed by atoms with E-state index in [1.54, 1.807) is 0 Å². The summed E-state index contributed by atoms with van der Waals surface area (Å²) in [5, 5.41) is 20.3. The van der Waals surface area contributed by atoms with Gasteiger partial charge in [-0.05, 0) is 31.2 Å². The predicted molar refractivity (Wildman–Crippen MR) is 137 cm³/mol. The van der Waals surface area contributed by atoms with Crippen molar-refractivity contribution in [1.29, 1.82) is 0 Å². The number of aliphatic hydroxyl groups is 1. The van der Waals surface area contributed by atoms with Crippen LogP contribution in [0.1, 0.15) is 46.1 Å². The number of hydrogen-bond donors (Lipinski definition) is 5. The first-order valence-electron chi connectivity index (χ1n) is 12.7. The van der Waals surface area contributed by atoms with E-state index in [0.29, 0.717) is 12.8 Å². The van der Waals surface area contributed by atoms with Gasteiger partial charge in [0.25, 0.3) is 0 Å². The molecule has 0 spiro atoms. The summed E-state index contributed by atoms with van der Waals surface area (Å²) >= 11 is 0. The molecule has 37 heavy (non-hydrogen) atoms. The van der Waals surface area contributed by atoms with Crippen LogP contribution in [0.25, 0.3) is 0 Å². The van der Waals surface area contributed by atoms with Crippen LogP contribution in [-0.2, 0) is 30.4 Å². The minimum Gasteiger partial charge on any atom is -0.387 e. The molecule has 2 rings (SSSR count). The Kier molecular flexibility index (Phi) is 11.5. The summed E-state index contributed by atoms with van der Waals surface area (Å²) in [6.45, 7) is 5.87. The van der Waals surface area contributed by atoms with E-state index in [1.165, 1.54) is 6.92 Å². The molecular formula is C26H39N5O6. The Labute approximate surface area is 217 Å². The fourth-order valence-corrected chi connectivity index (χ4v) is 4.06. The Bertz CT molecular complexity index is 954. The summed E-state index contributed by atoms with van der Waals surface area (Å²) in [7, 11) is 0. The van der Waals surface area contributed by atoms with Crippen molar-refractivity contribution in [2.45, 2.75) is 71.1 Å². The number of rotatable bonds is 6. The van der Waals surface area contributed by atoms with Gasteiger partial charge in [0.15, 0.2) is 0 Å². The molecule has 11 heteroatoms. The van der Waals surface area contributed by atoms with E-state index in [2.05, 4.69) is 21.3 Å². The standard InChI is InChI=1S/C26H39N5O6/c1-5-19-13-31(23(34)15-32)14-22(33)27-17(4)24(35)29-20(11-16(2)3)26(37)30-21(25(36)28-19)12-18-9-7-6-8-10-18/h6-10,16-17,19-21,32H,5,11-15H2,1-4H3,(H,27,33)(H,28,36)(H,29,35)(H,30,37)/t17-,19+,20+,21+/m1/s1. The molecule has 1 aliphatic rings. The van der Waals surface area contributed by atoms with Gasteiger partial charge in [-0.15, -0.1) is 0 Å². The minimum atomic E-state index is -0.979. The Balaban J connectivity index is 2.43. The van der Waals surface area contributed by atoms with Gasteiger partial charge in [0.1, 0.15) is 24.7 Å². The summed E-state index contributed by atoms with van der Waals surface area (Å²) in [6, 6.07) is 5.83. The highest BCUT2D eigenvalue weighted by Gasteiger charge is 2.31. The van der Waals surface area contributed by atoms with Crippen LogP contribution in [-0.4, -0.2) is 83.4 Å². The molecule has 0 bridgehead atoms. The lowest BCUT2D eigenvalue weighted by Crippen LogP contribution is -2.57. The van der Waals surface area contributed by atoms with Crippen molar-refractivity contribution in [2.24, 2.45) is 5.92 Å². The topological polar surface area (TPSA) is 157 Å². The Morgan fingerprint density at radius 1 is 0.973 bits per heavy atom. The fourth-order valence-electron chi connectivity index (χ4n) is 4.06. The number of aliphatic hydroxyl groups excluding tert-OH is 1. The van der Waals surface area contributed by atoms with Gasteiger partial charge in [0.2, 0.25) is 29.5 Å². The van der Waals surface area contributed by atoms with Crippen molar-refractivity contribution in [3.8, 4) is 0 Å². The van der Waals surface area contributed by atoms with Crippen molar-refractivity contribution in [3.05, 3.63) is 35.9 Å². The third-order valence-electron chi connectivity index (χ3n) is 6.13. The van der Waals surface area contributed by atoms with Crippen LogP contribution in [0.15, 0.2) is 30.3 Å². The largest absolute Gasteiger partial charge is 0.387 e. The zero-order chi connectivity index (χ0) is 27.5. The van der Waals surface area contributed by atoms with E-state index in [4.69, 9.17) is 0 Å². The van der Waals surface area contributed by atoms with Crippen molar-refractivity contribution in [2.75, 3.05) is 19.7 Å². The molecule has 0 aliphatic carbocycles. The number of carbonyl (C=O) groups excluding carboxylic acids is 5. The molecule has 1 aliphatic heterocycles. The molecule has 1 aromatic rings. The van der Waals surface area contributed by atoms with Crippen molar-refractivity contribution in [3.63, 3.8) is 0 Å². The first-order chi connectivity index (χ1) is 17.5. The maximum Gasteiger partial charge on any atom is 0.248 e. The van der Waals surface area contributed by atoms with E-state index >= 15 is 0 Å². The number of carbonyl (C=O) groups is 5. The van der Waals surface area contributed by atoms with E-state index < -0.39 is 66.9 Å².